The molecule has 1 saturated heterocycles. The lowest BCUT2D eigenvalue weighted by atomic mass is 9.90. The summed E-state index contributed by atoms with van der Waals surface area (Å²) in [4.78, 5) is 31.3. The Morgan fingerprint density at radius 1 is 1.10 bits per heavy atom. The molecule has 2 amide bonds. The molecular weight excluding hydrogens is 396 g/mol. The minimum atomic E-state index is -0.216. The van der Waals surface area contributed by atoms with Crippen molar-refractivity contribution in [3.8, 4) is 0 Å². The molecule has 1 aromatic carbocycles. The van der Waals surface area contributed by atoms with Crippen LogP contribution in [0.4, 0.5) is 5.69 Å². The van der Waals surface area contributed by atoms with E-state index in [1.807, 2.05) is 12.1 Å². The number of carbonyl (C=O) groups excluding carboxylic acids is 2. The van der Waals surface area contributed by atoms with Crippen LogP contribution in [0, 0.1) is 5.92 Å². The number of anilines is 1. The number of carbonyl (C=O) groups is 2. The fraction of sp³-hybridized carbons (Fsp3) is 0.478. The molecule has 1 atom stereocenters. The SMILES string of the molecule is C[C@H]1CCc2sc(C(=O)NNC(=O)CCN3CCN(c4ccccc4)CC3)cc2C1. The number of para-hydroxylation sites is 1. The minimum Gasteiger partial charge on any atom is -0.369 e. The Labute approximate surface area is 182 Å². The summed E-state index contributed by atoms with van der Waals surface area (Å²) in [6.45, 7) is 6.76. The van der Waals surface area contributed by atoms with E-state index in [9.17, 15) is 9.59 Å². The molecule has 160 valence electrons. The number of piperazine rings is 1. The van der Waals surface area contributed by atoms with E-state index in [0.29, 0.717) is 23.8 Å². The molecule has 1 aliphatic heterocycles. The number of aryl methyl sites for hydroxylation is 1. The zero-order valence-corrected chi connectivity index (χ0v) is 18.3. The summed E-state index contributed by atoms with van der Waals surface area (Å²) in [7, 11) is 0. The van der Waals surface area contributed by atoms with Gasteiger partial charge in [-0.25, -0.2) is 0 Å². The fourth-order valence-electron chi connectivity index (χ4n) is 4.20. The van der Waals surface area contributed by atoms with E-state index >= 15 is 0 Å². The fourth-order valence-corrected chi connectivity index (χ4v) is 5.30. The average Bonchev–Trinajstić information content (AvgIpc) is 3.20. The van der Waals surface area contributed by atoms with E-state index in [1.165, 1.54) is 22.5 Å². The van der Waals surface area contributed by atoms with E-state index in [4.69, 9.17) is 0 Å². The third-order valence-corrected chi connectivity index (χ3v) is 7.25. The van der Waals surface area contributed by atoms with Gasteiger partial charge in [0.2, 0.25) is 5.91 Å². The van der Waals surface area contributed by atoms with Crippen LogP contribution in [0.1, 0.15) is 39.9 Å². The molecule has 0 saturated carbocycles. The highest BCUT2D eigenvalue weighted by atomic mass is 32.1. The Hall–Kier alpha value is -2.38. The number of amides is 2. The maximum Gasteiger partial charge on any atom is 0.279 e. The Balaban J connectivity index is 1.16. The molecule has 2 aliphatic rings. The summed E-state index contributed by atoms with van der Waals surface area (Å²) >= 11 is 1.56. The maximum absolute atomic E-state index is 12.4. The Morgan fingerprint density at radius 3 is 2.63 bits per heavy atom. The molecule has 1 fully saturated rings. The van der Waals surface area contributed by atoms with Crippen LogP contribution in [0.25, 0.3) is 0 Å². The lowest BCUT2D eigenvalue weighted by molar-refractivity contribution is -0.122. The lowest BCUT2D eigenvalue weighted by Crippen LogP contribution is -2.48. The molecule has 2 aromatic rings. The van der Waals surface area contributed by atoms with E-state index in [2.05, 4.69) is 51.8 Å². The quantitative estimate of drug-likeness (QED) is 0.722. The highest BCUT2D eigenvalue weighted by Gasteiger charge is 2.21. The number of rotatable bonds is 5. The molecule has 0 radical (unpaired) electrons. The first-order valence-electron chi connectivity index (χ1n) is 10.8. The third-order valence-electron chi connectivity index (χ3n) is 6.02. The summed E-state index contributed by atoms with van der Waals surface area (Å²) < 4.78 is 0. The summed E-state index contributed by atoms with van der Waals surface area (Å²) in [6, 6.07) is 12.4. The van der Waals surface area contributed by atoms with Gasteiger partial charge in [-0.05, 0) is 48.9 Å². The number of thiophene rings is 1. The molecule has 1 aromatic heterocycles. The van der Waals surface area contributed by atoms with Gasteiger partial charge in [-0.1, -0.05) is 25.1 Å². The van der Waals surface area contributed by atoms with Crippen molar-refractivity contribution in [2.45, 2.75) is 32.6 Å². The Morgan fingerprint density at radius 2 is 1.87 bits per heavy atom. The Kier molecular flexibility index (Phi) is 6.69. The first-order valence-corrected chi connectivity index (χ1v) is 11.6. The molecule has 30 heavy (non-hydrogen) atoms. The number of fused-ring (bicyclic) bond motifs is 1. The normalized spacial score (nSPS) is 19.2. The van der Waals surface area contributed by atoms with E-state index < -0.39 is 0 Å². The topological polar surface area (TPSA) is 64.7 Å². The zero-order chi connectivity index (χ0) is 20.9. The zero-order valence-electron chi connectivity index (χ0n) is 17.5. The van der Waals surface area contributed by atoms with Gasteiger partial charge in [-0.2, -0.15) is 0 Å². The molecular formula is C23H30N4O2S. The van der Waals surface area contributed by atoms with Crippen molar-refractivity contribution in [1.82, 2.24) is 15.8 Å². The van der Waals surface area contributed by atoms with Crippen LogP contribution in [-0.4, -0.2) is 49.4 Å². The van der Waals surface area contributed by atoms with Crippen LogP contribution < -0.4 is 15.8 Å². The second-order valence-corrected chi connectivity index (χ2v) is 9.46. The van der Waals surface area contributed by atoms with Gasteiger partial charge in [-0.15, -0.1) is 11.3 Å². The smallest absolute Gasteiger partial charge is 0.279 e. The van der Waals surface area contributed by atoms with Crippen molar-refractivity contribution in [3.63, 3.8) is 0 Å². The van der Waals surface area contributed by atoms with E-state index in [-0.39, 0.29) is 11.8 Å². The molecule has 6 nitrogen and oxygen atoms in total. The van der Waals surface area contributed by atoms with Crippen molar-refractivity contribution >= 4 is 28.8 Å². The van der Waals surface area contributed by atoms with Crippen molar-refractivity contribution in [2.75, 3.05) is 37.6 Å². The minimum absolute atomic E-state index is 0.149. The van der Waals surface area contributed by atoms with Crippen molar-refractivity contribution in [1.29, 1.82) is 0 Å². The number of hydrazine groups is 1. The van der Waals surface area contributed by atoms with E-state index in [1.54, 1.807) is 11.3 Å². The molecule has 2 heterocycles. The lowest BCUT2D eigenvalue weighted by Gasteiger charge is -2.36. The molecule has 4 rings (SSSR count). The van der Waals surface area contributed by atoms with Crippen LogP contribution in [0.15, 0.2) is 36.4 Å². The summed E-state index contributed by atoms with van der Waals surface area (Å²) in [5.74, 6) is 0.313. The van der Waals surface area contributed by atoms with Crippen LogP contribution in [-0.2, 0) is 17.6 Å². The largest absolute Gasteiger partial charge is 0.369 e. The predicted molar refractivity (Wildman–Crippen MR) is 121 cm³/mol. The van der Waals surface area contributed by atoms with Gasteiger partial charge < -0.3 is 4.90 Å². The van der Waals surface area contributed by atoms with Crippen LogP contribution >= 0.6 is 11.3 Å². The second kappa shape index (κ2) is 9.62. The molecule has 0 bridgehead atoms. The number of hydrogen-bond acceptors (Lipinski definition) is 5. The third kappa shape index (κ3) is 5.21. The number of benzene rings is 1. The van der Waals surface area contributed by atoms with Gasteiger partial charge >= 0.3 is 0 Å². The van der Waals surface area contributed by atoms with Gasteiger partial charge in [0.05, 0.1) is 4.88 Å². The maximum atomic E-state index is 12.4. The average molecular weight is 427 g/mol. The van der Waals surface area contributed by atoms with Gasteiger partial charge in [0.25, 0.3) is 5.91 Å². The monoisotopic (exact) mass is 426 g/mol. The van der Waals surface area contributed by atoms with Crippen molar-refractivity contribution in [2.24, 2.45) is 5.92 Å². The molecule has 1 aliphatic carbocycles. The summed E-state index contributed by atoms with van der Waals surface area (Å²) in [5.41, 5.74) is 7.70. The predicted octanol–water partition coefficient (Wildman–Crippen LogP) is 2.85. The molecule has 7 heteroatoms. The summed E-state index contributed by atoms with van der Waals surface area (Å²) in [6.07, 6.45) is 3.66. The molecule has 2 N–H and O–H groups in total. The first kappa shape index (κ1) is 20.9. The highest BCUT2D eigenvalue weighted by molar-refractivity contribution is 7.14. The van der Waals surface area contributed by atoms with Crippen LogP contribution in [0.3, 0.4) is 0 Å². The number of hydrogen-bond donors (Lipinski definition) is 2. The molecule has 0 unspecified atom stereocenters. The molecule has 0 spiro atoms. The van der Waals surface area contributed by atoms with Gasteiger partial charge in [0.15, 0.2) is 0 Å². The van der Waals surface area contributed by atoms with Gasteiger partial charge in [-0.3, -0.25) is 25.3 Å². The van der Waals surface area contributed by atoms with Crippen molar-refractivity contribution in [3.05, 3.63) is 51.7 Å². The van der Waals surface area contributed by atoms with E-state index in [0.717, 1.165) is 39.0 Å². The van der Waals surface area contributed by atoms with Gasteiger partial charge in [0, 0.05) is 49.7 Å². The van der Waals surface area contributed by atoms with Gasteiger partial charge in [0.1, 0.15) is 0 Å². The highest BCUT2D eigenvalue weighted by Crippen LogP contribution is 2.32. The first-order chi connectivity index (χ1) is 14.6. The summed E-state index contributed by atoms with van der Waals surface area (Å²) in [5, 5.41) is 0. The number of nitrogens with zero attached hydrogens (tertiary/aromatic N) is 2. The Bertz CT molecular complexity index is 875. The van der Waals surface area contributed by atoms with Crippen molar-refractivity contribution < 1.29 is 9.59 Å². The van der Waals surface area contributed by atoms with Crippen LogP contribution in [0.5, 0.6) is 0 Å². The number of nitrogens with one attached hydrogen (secondary N) is 2. The second-order valence-electron chi connectivity index (χ2n) is 8.32. The van der Waals surface area contributed by atoms with Crippen LogP contribution in [0.2, 0.25) is 0 Å². The standard InChI is InChI=1S/C23H30N4O2S/c1-17-7-8-20-18(15-17)16-21(30-20)23(29)25-24-22(28)9-10-26-11-13-27(14-12-26)19-5-3-2-4-6-19/h2-6,16-17H,7-15H2,1H3,(H,24,28)(H,25,29)/t17-/m0/s1.